The first kappa shape index (κ1) is 14.8. The highest BCUT2D eigenvalue weighted by Crippen LogP contribution is 2.20. The number of nitrogens with zero attached hydrogens (tertiary/aromatic N) is 1. The fourth-order valence-corrected chi connectivity index (χ4v) is 2.86. The predicted molar refractivity (Wildman–Crippen MR) is 77.4 cm³/mol. The third-order valence-corrected chi connectivity index (χ3v) is 4.05. The maximum Gasteiger partial charge on any atom is 0.262 e. The molecule has 2 aromatic carbocycles. The normalized spacial score (nSPS) is 10.9. The van der Waals surface area contributed by atoms with Crippen molar-refractivity contribution in [2.45, 2.75) is 11.3 Å². The molecule has 0 unspecified atom stereocenters. The summed E-state index contributed by atoms with van der Waals surface area (Å²) in [5, 5.41) is 8.57. The number of hydrogen-bond acceptors (Lipinski definition) is 4. The van der Waals surface area contributed by atoms with E-state index in [0.29, 0.717) is 5.69 Å². The zero-order valence-corrected chi connectivity index (χ0v) is 11.7. The Hall–Kier alpha value is -2.59. The highest BCUT2D eigenvalue weighted by molar-refractivity contribution is 7.92. The predicted octanol–water partition coefficient (Wildman–Crippen LogP) is 2.27. The molecule has 0 aliphatic carbocycles. The first-order valence-corrected chi connectivity index (χ1v) is 7.44. The van der Waals surface area contributed by atoms with Gasteiger partial charge in [0.05, 0.1) is 17.4 Å². The Morgan fingerprint density at radius 2 is 1.86 bits per heavy atom. The van der Waals surface area contributed by atoms with Crippen LogP contribution in [0.5, 0.6) is 0 Å². The van der Waals surface area contributed by atoms with E-state index >= 15 is 0 Å². The van der Waals surface area contributed by atoms with Gasteiger partial charge in [0.1, 0.15) is 5.82 Å². The second-order valence-corrected chi connectivity index (χ2v) is 6.04. The molecule has 0 saturated heterocycles. The molecule has 7 heteroatoms. The molecule has 108 valence electrons. The van der Waals surface area contributed by atoms with E-state index in [2.05, 4.69) is 4.72 Å². The number of halogens is 1. The van der Waals surface area contributed by atoms with Crippen molar-refractivity contribution in [1.82, 2.24) is 0 Å². The topological polar surface area (TPSA) is 96.0 Å². The smallest absolute Gasteiger partial charge is 0.262 e. The van der Waals surface area contributed by atoms with Gasteiger partial charge in [0, 0.05) is 11.4 Å². The van der Waals surface area contributed by atoms with E-state index in [1.807, 2.05) is 6.07 Å². The third kappa shape index (κ3) is 3.70. The van der Waals surface area contributed by atoms with Crippen LogP contribution in [0.1, 0.15) is 5.56 Å². The van der Waals surface area contributed by atoms with Crippen molar-refractivity contribution in [3.63, 3.8) is 0 Å². The average molecular weight is 305 g/mol. The molecule has 0 aromatic heterocycles. The standard InChI is InChI=1S/C14H12FN3O2S/c15-11-7-12(17)9-14(8-11)21(19,20)18-13-3-1-10(2-4-13)5-6-16/h1-4,7-9,18H,5,17H2. The van der Waals surface area contributed by atoms with Gasteiger partial charge >= 0.3 is 0 Å². The Morgan fingerprint density at radius 1 is 1.19 bits per heavy atom. The lowest BCUT2D eigenvalue weighted by molar-refractivity contribution is 0.595. The minimum absolute atomic E-state index is 0.0275. The van der Waals surface area contributed by atoms with Crippen LogP contribution in [0.25, 0.3) is 0 Å². The van der Waals surface area contributed by atoms with Gasteiger partial charge in [0.2, 0.25) is 0 Å². The molecular weight excluding hydrogens is 293 g/mol. The highest BCUT2D eigenvalue weighted by Gasteiger charge is 2.16. The summed E-state index contributed by atoms with van der Waals surface area (Å²) in [4.78, 5) is -0.249. The second kappa shape index (κ2) is 5.81. The molecule has 0 fully saturated rings. The largest absolute Gasteiger partial charge is 0.399 e. The van der Waals surface area contributed by atoms with Crippen molar-refractivity contribution in [3.8, 4) is 6.07 Å². The summed E-state index contributed by atoms with van der Waals surface area (Å²) in [7, 11) is -3.92. The quantitative estimate of drug-likeness (QED) is 0.847. The van der Waals surface area contributed by atoms with Gasteiger partial charge < -0.3 is 5.73 Å². The number of anilines is 2. The maximum atomic E-state index is 13.2. The van der Waals surface area contributed by atoms with Crippen LogP contribution >= 0.6 is 0 Å². The van der Waals surface area contributed by atoms with Crippen LogP contribution in [0.3, 0.4) is 0 Å². The molecule has 0 atom stereocenters. The molecule has 0 saturated carbocycles. The number of sulfonamides is 1. The van der Waals surface area contributed by atoms with Gasteiger partial charge in [-0.05, 0) is 35.9 Å². The molecule has 0 aliphatic rings. The van der Waals surface area contributed by atoms with Crippen LogP contribution in [0.4, 0.5) is 15.8 Å². The summed E-state index contributed by atoms with van der Waals surface area (Å²) in [6.45, 7) is 0. The van der Waals surface area contributed by atoms with Gasteiger partial charge in [-0.25, -0.2) is 12.8 Å². The van der Waals surface area contributed by atoms with Crippen LogP contribution in [-0.4, -0.2) is 8.42 Å². The monoisotopic (exact) mass is 305 g/mol. The van der Waals surface area contributed by atoms with Gasteiger partial charge in [-0.2, -0.15) is 5.26 Å². The van der Waals surface area contributed by atoms with E-state index in [0.717, 1.165) is 17.7 Å². The Morgan fingerprint density at radius 3 is 2.43 bits per heavy atom. The van der Waals surface area contributed by atoms with Crippen molar-refractivity contribution < 1.29 is 12.8 Å². The van der Waals surface area contributed by atoms with Crippen LogP contribution in [0.2, 0.25) is 0 Å². The minimum atomic E-state index is -3.92. The lowest BCUT2D eigenvalue weighted by Crippen LogP contribution is -2.13. The third-order valence-electron chi connectivity index (χ3n) is 2.69. The van der Waals surface area contributed by atoms with E-state index in [4.69, 9.17) is 11.0 Å². The SMILES string of the molecule is N#CCc1ccc(NS(=O)(=O)c2cc(N)cc(F)c2)cc1. The minimum Gasteiger partial charge on any atom is -0.399 e. The maximum absolute atomic E-state index is 13.2. The summed E-state index contributed by atoms with van der Waals surface area (Å²) in [6, 6.07) is 11.4. The summed E-state index contributed by atoms with van der Waals surface area (Å²) in [6.07, 6.45) is 0.244. The summed E-state index contributed by atoms with van der Waals surface area (Å²) >= 11 is 0. The molecule has 3 N–H and O–H groups in total. The first-order chi connectivity index (χ1) is 9.90. The van der Waals surface area contributed by atoms with Crippen LogP contribution in [0, 0.1) is 17.1 Å². The van der Waals surface area contributed by atoms with Gasteiger partial charge in [-0.1, -0.05) is 12.1 Å². The number of nitrogen functional groups attached to an aromatic ring is 1. The Labute approximate surface area is 121 Å². The first-order valence-electron chi connectivity index (χ1n) is 5.95. The molecule has 21 heavy (non-hydrogen) atoms. The lowest BCUT2D eigenvalue weighted by Gasteiger charge is -2.09. The zero-order chi connectivity index (χ0) is 15.5. The van der Waals surface area contributed by atoms with Gasteiger partial charge in [-0.3, -0.25) is 4.72 Å². The van der Waals surface area contributed by atoms with Crippen LogP contribution < -0.4 is 10.5 Å². The fourth-order valence-electron chi connectivity index (χ4n) is 1.74. The number of nitrogens with one attached hydrogen (secondary N) is 1. The van der Waals surface area contributed by atoms with Crippen molar-refractivity contribution >= 4 is 21.4 Å². The molecule has 0 radical (unpaired) electrons. The molecule has 0 heterocycles. The van der Waals surface area contributed by atoms with Crippen LogP contribution in [0.15, 0.2) is 47.4 Å². The number of nitrogens with two attached hydrogens (primary N) is 1. The Balaban J connectivity index is 2.26. The van der Waals surface area contributed by atoms with Crippen LogP contribution in [-0.2, 0) is 16.4 Å². The van der Waals surface area contributed by atoms with Crippen molar-refractivity contribution in [2.75, 3.05) is 10.5 Å². The summed E-state index contributed by atoms with van der Waals surface area (Å²) in [5.74, 6) is -0.722. The molecule has 0 aliphatic heterocycles. The molecule has 0 amide bonds. The van der Waals surface area contributed by atoms with Crippen molar-refractivity contribution in [2.24, 2.45) is 0 Å². The van der Waals surface area contributed by atoms with Gasteiger partial charge in [0.15, 0.2) is 0 Å². The molecule has 5 nitrogen and oxygen atoms in total. The van der Waals surface area contributed by atoms with E-state index < -0.39 is 15.8 Å². The molecular formula is C14H12FN3O2S. The van der Waals surface area contributed by atoms with E-state index in [-0.39, 0.29) is 17.0 Å². The molecule has 2 aromatic rings. The number of nitriles is 1. The Bertz CT molecular complexity index is 776. The summed E-state index contributed by atoms with van der Waals surface area (Å²) in [5.41, 5.74) is 6.56. The average Bonchev–Trinajstić information content (AvgIpc) is 2.40. The highest BCUT2D eigenvalue weighted by atomic mass is 32.2. The van der Waals surface area contributed by atoms with Gasteiger partial charge in [-0.15, -0.1) is 0 Å². The van der Waals surface area contributed by atoms with Gasteiger partial charge in [0.25, 0.3) is 10.0 Å². The molecule has 0 spiro atoms. The van der Waals surface area contributed by atoms with Crippen molar-refractivity contribution in [3.05, 3.63) is 53.8 Å². The zero-order valence-electron chi connectivity index (χ0n) is 10.9. The molecule has 2 rings (SSSR count). The fraction of sp³-hybridized carbons (Fsp3) is 0.0714. The number of hydrogen-bond donors (Lipinski definition) is 2. The van der Waals surface area contributed by atoms with E-state index in [1.54, 1.807) is 12.1 Å². The number of benzene rings is 2. The summed E-state index contributed by atoms with van der Waals surface area (Å²) < 4.78 is 39.8. The van der Waals surface area contributed by atoms with Crippen molar-refractivity contribution in [1.29, 1.82) is 5.26 Å². The Kier molecular flexibility index (Phi) is 4.10. The lowest BCUT2D eigenvalue weighted by atomic mass is 10.1. The number of rotatable bonds is 4. The van der Waals surface area contributed by atoms with E-state index in [1.165, 1.54) is 18.2 Å². The molecule has 0 bridgehead atoms. The second-order valence-electron chi connectivity index (χ2n) is 4.36. The van der Waals surface area contributed by atoms with E-state index in [9.17, 15) is 12.8 Å².